The lowest BCUT2D eigenvalue weighted by atomic mass is 10.1. The Labute approximate surface area is 181 Å². The van der Waals surface area contributed by atoms with Crippen LogP contribution >= 0.6 is 0 Å². The number of hydrogen-bond acceptors (Lipinski definition) is 4. The first-order valence-corrected chi connectivity index (χ1v) is 11.4. The van der Waals surface area contributed by atoms with Crippen LogP contribution in [0.2, 0.25) is 0 Å². The summed E-state index contributed by atoms with van der Waals surface area (Å²) in [5.74, 6) is -0.164. The summed E-state index contributed by atoms with van der Waals surface area (Å²) in [6.45, 7) is 3.08. The first kappa shape index (κ1) is 25.6. The van der Waals surface area contributed by atoms with Gasteiger partial charge >= 0.3 is 5.97 Å². The second kappa shape index (κ2) is 17.4. The van der Waals surface area contributed by atoms with Crippen molar-refractivity contribution in [3.05, 3.63) is 48.4 Å². The van der Waals surface area contributed by atoms with Crippen molar-refractivity contribution in [2.24, 2.45) is 0 Å². The number of carboxylic acids is 1. The van der Waals surface area contributed by atoms with Crippen molar-refractivity contribution in [2.75, 3.05) is 12.3 Å². The number of carboxylic acid groups (broad SMARTS) is 1. The van der Waals surface area contributed by atoms with Gasteiger partial charge in [0.05, 0.1) is 12.9 Å². The monoisotopic (exact) mass is 417 g/mol. The fraction of sp³-hybridized carbons (Fsp3) is 0.560. The van der Waals surface area contributed by atoms with E-state index in [0.717, 1.165) is 24.5 Å². The summed E-state index contributed by atoms with van der Waals surface area (Å²) < 4.78 is 10.2. The molecule has 0 aliphatic rings. The van der Waals surface area contributed by atoms with Gasteiger partial charge in [-0.05, 0) is 30.7 Å². The standard InChI is InChI=1S/C20H35NO.C5H4O3/c1-2-3-4-5-6-7-8-9-10-11-12-13-17-22-20-16-14-15-19(21)18-20;6-5(7)4-2-1-3-8-4/h14-16,18H,2-13,17,21H2,1H3;1-3H,(H,6,7). The number of rotatable bonds is 15. The Bertz CT molecular complexity index is 655. The molecule has 0 amide bonds. The molecular weight excluding hydrogens is 378 g/mol. The van der Waals surface area contributed by atoms with Gasteiger partial charge in [-0.3, -0.25) is 0 Å². The molecule has 0 saturated carbocycles. The third-order valence-electron chi connectivity index (χ3n) is 4.86. The molecule has 2 rings (SSSR count). The van der Waals surface area contributed by atoms with E-state index in [1.807, 2.05) is 24.3 Å². The van der Waals surface area contributed by atoms with Crippen LogP contribution in [-0.2, 0) is 0 Å². The minimum atomic E-state index is -1.03. The molecule has 1 aromatic heterocycles. The van der Waals surface area contributed by atoms with E-state index in [1.165, 1.54) is 89.0 Å². The van der Waals surface area contributed by atoms with E-state index in [2.05, 4.69) is 11.3 Å². The topological polar surface area (TPSA) is 85.7 Å². The molecule has 0 spiro atoms. The van der Waals surface area contributed by atoms with E-state index < -0.39 is 5.97 Å². The van der Waals surface area contributed by atoms with Crippen molar-refractivity contribution in [1.82, 2.24) is 0 Å². The number of aromatic carboxylic acids is 1. The molecule has 0 fully saturated rings. The Hall–Kier alpha value is -2.43. The zero-order valence-electron chi connectivity index (χ0n) is 18.5. The minimum absolute atomic E-state index is 0.0231. The van der Waals surface area contributed by atoms with Crippen molar-refractivity contribution in [3.63, 3.8) is 0 Å². The lowest BCUT2D eigenvalue weighted by molar-refractivity contribution is 0.0662. The van der Waals surface area contributed by atoms with Crippen LogP contribution in [-0.4, -0.2) is 17.7 Å². The molecule has 5 nitrogen and oxygen atoms in total. The first-order chi connectivity index (χ1) is 14.6. The summed E-state index contributed by atoms with van der Waals surface area (Å²) in [6.07, 6.45) is 17.8. The maximum atomic E-state index is 9.97. The van der Waals surface area contributed by atoms with Gasteiger partial charge in [-0.2, -0.15) is 0 Å². The number of anilines is 1. The molecular formula is C25H39NO4. The number of benzene rings is 1. The van der Waals surface area contributed by atoms with E-state index in [0.29, 0.717) is 0 Å². The van der Waals surface area contributed by atoms with Crippen molar-refractivity contribution in [1.29, 1.82) is 0 Å². The molecule has 3 N–H and O–H groups in total. The maximum absolute atomic E-state index is 9.97. The van der Waals surface area contributed by atoms with Crippen LogP contribution in [0.3, 0.4) is 0 Å². The van der Waals surface area contributed by atoms with Gasteiger partial charge in [0.15, 0.2) is 0 Å². The quantitative estimate of drug-likeness (QED) is 0.234. The smallest absolute Gasteiger partial charge is 0.371 e. The van der Waals surface area contributed by atoms with E-state index in [9.17, 15) is 4.79 Å². The highest BCUT2D eigenvalue weighted by Crippen LogP contribution is 2.15. The van der Waals surface area contributed by atoms with Crippen LogP contribution < -0.4 is 10.5 Å². The summed E-state index contributed by atoms with van der Waals surface area (Å²) in [6, 6.07) is 10.6. The lowest BCUT2D eigenvalue weighted by Crippen LogP contribution is -1.97. The molecule has 2 aromatic rings. The van der Waals surface area contributed by atoms with Crippen molar-refractivity contribution in [2.45, 2.75) is 84.0 Å². The van der Waals surface area contributed by atoms with Crippen molar-refractivity contribution in [3.8, 4) is 5.75 Å². The second-order valence-electron chi connectivity index (χ2n) is 7.59. The van der Waals surface area contributed by atoms with Gasteiger partial charge in [0.2, 0.25) is 5.76 Å². The number of carbonyl (C=O) groups is 1. The number of furan rings is 1. The number of ether oxygens (including phenoxy) is 1. The van der Waals surface area contributed by atoms with Crippen LogP contribution in [0.15, 0.2) is 47.1 Å². The molecule has 0 aliphatic carbocycles. The fourth-order valence-corrected chi connectivity index (χ4v) is 3.14. The van der Waals surface area contributed by atoms with Gasteiger partial charge in [0.1, 0.15) is 5.75 Å². The summed E-state index contributed by atoms with van der Waals surface area (Å²) in [5.41, 5.74) is 6.49. The molecule has 5 heteroatoms. The van der Waals surface area contributed by atoms with Crippen LogP contribution in [0.1, 0.15) is 94.5 Å². The fourth-order valence-electron chi connectivity index (χ4n) is 3.14. The van der Waals surface area contributed by atoms with Gasteiger partial charge in [0, 0.05) is 11.8 Å². The molecule has 1 aromatic carbocycles. The van der Waals surface area contributed by atoms with Gasteiger partial charge in [-0.15, -0.1) is 0 Å². The van der Waals surface area contributed by atoms with Crippen LogP contribution in [0.25, 0.3) is 0 Å². The van der Waals surface area contributed by atoms with Crippen LogP contribution in [0.4, 0.5) is 5.69 Å². The summed E-state index contributed by atoms with van der Waals surface area (Å²) >= 11 is 0. The third-order valence-corrected chi connectivity index (χ3v) is 4.86. The summed E-state index contributed by atoms with van der Waals surface area (Å²) in [7, 11) is 0. The first-order valence-electron chi connectivity index (χ1n) is 11.4. The number of hydrogen-bond donors (Lipinski definition) is 2. The van der Waals surface area contributed by atoms with Gasteiger partial charge in [-0.1, -0.05) is 83.6 Å². The van der Waals surface area contributed by atoms with E-state index in [4.69, 9.17) is 15.6 Å². The molecule has 1 heterocycles. The van der Waals surface area contributed by atoms with Gasteiger partial charge in [-0.25, -0.2) is 4.79 Å². The molecule has 168 valence electrons. The average molecular weight is 418 g/mol. The Morgan fingerprint density at radius 2 is 1.50 bits per heavy atom. The SMILES string of the molecule is CCCCCCCCCCCCCCOc1cccc(N)c1.O=C(O)c1ccco1. The Morgan fingerprint density at radius 3 is 1.97 bits per heavy atom. The predicted octanol–water partition coefficient (Wildman–Crippen LogP) is 7.33. The van der Waals surface area contributed by atoms with Gasteiger partial charge in [0.25, 0.3) is 0 Å². The molecule has 30 heavy (non-hydrogen) atoms. The summed E-state index contributed by atoms with van der Waals surface area (Å²) in [4.78, 5) is 9.97. The van der Waals surface area contributed by atoms with E-state index in [-0.39, 0.29) is 5.76 Å². The minimum Gasteiger partial charge on any atom is -0.494 e. The maximum Gasteiger partial charge on any atom is 0.371 e. The summed E-state index contributed by atoms with van der Waals surface area (Å²) in [5, 5.41) is 8.18. The lowest BCUT2D eigenvalue weighted by Gasteiger charge is -2.06. The highest BCUT2D eigenvalue weighted by Gasteiger charge is 2.01. The van der Waals surface area contributed by atoms with Crippen molar-refractivity contribution >= 4 is 11.7 Å². The Morgan fingerprint density at radius 1 is 0.900 bits per heavy atom. The number of nitrogens with two attached hydrogens (primary N) is 1. The number of nitrogen functional groups attached to an aromatic ring is 1. The highest BCUT2D eigenvalue weighted by molar-refractivity contribution is 5.84. The Kier molecular flexibility index (Phi) is 14.9. The van der Waals surface area contributed by atoms with E-state index in [1.54, 1.807) is 0 Å². The highest BCUT2D eigenvalue weighted by atomic mass is 16.5. The number of unbranched alkanes of at least 4 members (excludes halogenated alkanes) is 11. The largest absolute Gasteiger partial charge is 0.494 e. The van der Waals surface area contributed by atoms with Gasteiger partial charge < -0.3 is 20.0 Å². The molecule has 0 atom stereocenters. The van der Waals surface area contributed by atoms with Crippen LogP contribution in [0, 0.1) is 0 Å². The molecule has 0 saturated heterocycles. The van der Waals surface area contributed by atoms with Crippen molar-refractivity contribution < 1.29 is 19.1 Å². The molecule has 0 radical (unpaired) electrons. The zero-order chi connectivity index (χ0) is 21.9. The van der Waals surface area contributed by atoms with E-state index >= 15 is 0 Å². The zero-order valence-corrected chi connectivity index (χ0v) is 18.5. The average Bonchev–Trinajstić information content (AvgIpc) is 3.27. The third kappa shape index (κ3) is 13.7. The van der Waals surface area contributed by atoms with Crippen LogP contribution in [0.5, 0.6) is 5.75 Å². The Balaban J connectivity index is 0.000000467. The normalized spacial score (nSPS) is 10.3. The predicted molar refractivity (Wildman–Crippen MR) is 123 cm³/mol. The molecule has 0 bridgehead atoms. The molecule has 0 unspecified atom stereocenters. The second-order valence-corrected chi connectivity index (χ2v) is 7.59. The molecule has 0 aliphatic heterocycles.